The van der Waals surface area contributed by atoms with Crippen molar-refractivity contribution in [2.75, 3.05) is 0 Å². The van der Waals surface area contributed by atoms with Gasteiger partial charge in [-0.2, -0.15) is 12.6 Å². The number of alkyl carbamates (subject to hydrolysis) is 1. The number of hydrogen-bond donors (Lipinski definition) is 3. The van der Waals surface area contributed by atoms with Gasteiger partial charge in [0.05, 0.1) is 11.8 Å². The van der Waals surface area contributed by atoms with E-state index in [-0.39, 0.29) is 6.42 Å². The van der Waals surface area contributed by atoms with E-state index in [2.05, 4.69) is 56.1 Å². The van der Waals surface area contributed by atoms with Gasteiger partial charge in [0.2, 0.25) is 5.91 Å². The first-order valence-electron chi connectivity index (χ1n) is 7.99. The maximum atomic E-state index is 11.1. The van der Waals surface area contributed by atoms with Crippen LogP contribution in [0.25, 0.3) is 0 Å². The van der Waals surface area contributed by atoms with Gasteiger partial charge in [-0.3, -0.25) is 4.79 Å². The summed E-state index contributed by atoms with van der Waals surface area (Å²) < 4.78 is 4.94. The molecule has 1 unspecified atom stereocenters. The van der Waals surface area contributed by atoms with E-state index in [1.54, 1.807) is 20.8 Å². The zero-order valence-corrected chi connectivity index (χ0v) is 16.7. The average molecular weight is 357 g/mol. The Bertz CT molecular complexity index is 461. The van der Waals surface area contributed by atoms with Crippen molar-refractivity contribution >= 4 is 24.6 Å². The first-order chi connectivity index (χ1) is 11.0. The van der Waals surface area contributed by atoms with Crippen LogP contribution >= 0.6 is 12.6 Å². The van der Waals surface area contributed by atoms with Gasteiger partial charge in [0, 0.05) is 0 Å². The summed E-state index contributed by atoms with van der Waals surface area (Å²) in [5.41, 5.74) is 7.01. The number of aryl methyl sites for hydroxylation is 2. The molecule has 0 heterocycles. The predicted octanol–water partition coefficient (Wildman–Crippen LogP) is 3.97. The van der Waals surface area contributed by atoms with Gasteiger partial charge in [-0.05, 0) is 34.6 Å². The normalized spacial score (nSPS) is 11.0. The molecular weight excluding hydrogens is 324 g/mol. The molecular formula is C18H32N2O3S. The van der Waals surface area contributed by atoms with Gasteiger partial charge in [0.15, 0.2) is 0 Å². The largest absolute Gasteiger partial charge is 0.444 e. The van der Waals surface area contributed by atoms with E-state index >= 15 is 0 Å². The summed E-state index contributed by atoms with van der Waals surface area (Å²) in [6.07, 6.45) is -0.638. The van der Waals surface area contributed by atoms with Crippen molar-refractivity contribution in [2.24, 2.45) is 5.73 Å². The number of primary amides is 1. The molecule has 1 aromatic rings. The highest BCUT2D eigenvalue weighted by Gasteiger charge is 2.18. The van der Waals surface area contributed by atoms with Gasteiger partial charge < -0.3 is 15.8 Å². The molecule has 0 fully saturated rings. The highest BCUT2D eigenvalue weighted by atomic mass is 32.1. The number of carbonyl (C=O) groups excluding carboxylic acids is 2. The van der Waals surface area contributed by atoms with Crippen LogP contribution in [-0.4, -0.2) is 23.0 Å². The van der Waals surface area contributed by atoms with Gasteiger partial charge in [-0.1, -0.05) is 49.2 Å². The number of amides is 2. The van der Waals surface area contributed by atoms with Crippen molar-refractivity contribution in [3.8, 4) is 0 Å². The lowest BCUT2D eigenvalue weighted by molar-refractivity contribution is -0.118. The fourth-order valence-electron chi connectivity index (χ4n) is 1.32. The highest BCUT2D eigenvalue weighted by Crippen LogP contribution is 2.07. The lowest BCUT2D eigenvalue weighted by Crippen LogP contribution is -2.38. The van der Waals surface area contributed by atoms with Gasteiger partial charge in [-0.25, -0.2) is 4.79 Å². The molecule has 1 aromatic carbocycles. The average Bonchev–Trinajstić information content (AvgIpc) is 2.41. The molecule has 0 spiro atoms. The highest BCUT2D eigenvalue weighted by molar-refractivity contribution is 7.80. The van der Waals surface area contributed by atoms with Crippen LogP contribution in [0.2, 0.25) is 0 Å². The Morgan fingerprint density at radius 2 is 1.50 bits per heavy atom. The quantitative estimate of drug-likeness (QED) is 0.566. The Balaban J connectivity index is 0. The van der Waals surface area contributed by atoms with Crippen LogP contribution in [0, 0.1) is 13.8 Å². The standard InChI is InChI=1S/C8H16N2O3S.C8H10.C2H6/c1-8(2,3)13-7(12)10-6(14)4-5(9)11;1-7-3-5-8(2)6-4-7;1-2/h6,14H,4H2,1-3H3,(H2,9,11)(H,10,12);3-6H,1-2H3;1-2H3. The first kappa shape index (κ1) is 24.6. The molecule has 1 rings (SSSR count). The molecule has 0 bridgehead atoms. The minimum absolute atomic E-state index is 0.0254. The number of hydrogen-bond acceptors (Lipinski definition) is 4. The van der Waals surface area contributed by atoms with E-state index in [1.165, 1.54) is 11.1 Å². The van der Waals surface area contributed by atoms with E-state index in [4.69, 9.17) is 10.5 Å². The Hall–Kier alpha value is -1.69. The SMILES string of the molecule is CC.CC(C)(C)OC(=O)NC(S)CC(N)=O.Cc1ccc(C)cc1. The van der Waals surface area contributed by atoms with Crippen LogP contribution < -0.4 is 11.1 Å². The molecule has 2 amide bonds. The van der Waals surface area contributed by atoms with Gasteiger partial charge in [0.25, 0.3) is 0 Å². The predicted molar refractivity (Wildman–Crippen MR) is 103 cm³/mol. The van der Waals surface area contributed by atoms with Crippen molar-refractivity contribution in [1.29, 1.82) is 0 Å². The van der Waals surface area contributed by atoms with E-state index in [9.17, 15) is 9.59 Å². The van der Waals surface area contributed by atoms with Crippen molar-refractivity contribution in [1.82, 2.24) is 5.32 Å². The monoisotopic (exact) mass is 356 g/mol. The van der Waals surface area contributed by atoms with Crippen LogP contribution in [-0.2, 0) is 9.53 Å². The second-order valence-electron chi connectivity index (χ2n) is 5.99. The van der Waals surface area contributed by atoms with E-state index < -0.39 is 23.0 Å². The molecule has 0 radical (unpaired) electrons. The summed E-state index contributed by atoms with van der Waals surface area (Å²) in [5, 5.41) is 1.76. The van der Waals surface area contributed by atoms with E-state index in [1.807, 2.05) is 13.8 Å². The van der Waals surface area contributed by atoms with Crippen LogP contribution in [0.1, 0.15) is 52.2 Å². The fraction of sp³-hybridized carbons (Fsp3) is 0.556. The van der Waals surface area contributed by atoms with Gasteiger partial charge in [0.1, 0.15) is 5.60 Å². The molecule has 6 heteroatoms. The minimum Gasteiger partial charge on any atom is -0.444 e. The fourth-order valence-corrected chi connectivity index (χ4v) is 1.61. The third kappa shape index (κ3) is 16.7. The summed E-state index contributed by atoms with van der Waals surface area (Å²) in [6.45, 7) is 13.4. The molecule has 0 saturated heterocycles. The molecule has 1 atom stereocenters. The molecule has 0 aromatic heterocycles. The Morgan fingerprint density at radius 3 is 1.79 bits per heavy atom. The zero-order chi connectivity index (χ0) is 19.3. The summed E-state index contributed by atoms with van der Waals surface area (Å²) in [7, 11) is 0. The number of thiol groups is 1. The van der Waals surface area contributed by atoms with Crippen LogP contribution in [0.15, 0.2) is 24.3 Å². The zero-order valence-electron chi connectivity index (χ0n) is 15.8. The van der Waals surface area contributed by atoms with Crippen LogP contribution in [0.5, 0.6) is 0 Å². The molecule has 5 nitrogen and oxygen atoms in total. The molecule has 3 N–H and O–H groups in total. The summed E-state index contributed by atoms with van der Waals surface area (Å²) in [4.78, 5) is 21.6. The number of rotatable bonds is 3. The number of benzene rings is 1. The lowest BCUT2D eigenvalue weighted by atomic mass is 10.2. The molecule has 0 aliphatic heterocycles. The topological polar surface area (TPSA) is 81.4 Å². The third-order valence-electron chi connectivity index (χ3n) is 2.30. The van der Waals surface area contributed by atoms with Crippen molar-refractivity contribution in [3.05, 3.63) is 35.4 Å². The van der Waals surface area contributed by atoms with Crippen molar-refractivity contribution in [2.45, 2.75) is 65.9 Å². The maximum Gasteiger partial charge on any atom is 0.408 e. The minimum atomic E-state index is -0.612. The van der Waals surface area contributed by atoms with Crippen molar-refractivity contribution in [3.63, 3.8) is 0 Å². The number of nitrogens with two attached hydrogens (primary N) is 1. The van der Waals surface area contributed by atoms with Crippen LogP contribution in [0.3, 0.4) is 0 Å². The van der Waals surface area contributed by atoms with Gasteiger partial charge >= 0.3 is 6.09 Å². The number of nitrogens with one attached hydrogen (secondary N) is 1. The number of ether oxygens (including phenoxy) is 1. The van der Waals surface area contributed by atoms with Crippen molar-refractivity contribution < 1.29 is 14.3 Å². The summed E-state index contributed by atoms with van der Waals surface area (Å²) in [6, 6.07) is 8.48. The Kier molecular flexibility index (Phi) is 13.0. The summed E-state index contributed by atoms with van der Waals surface area (Å²) >= 11 is 3.95. The van der Waals surface area contributed by atoms with E-state index in [0.717, 1.165) is 0 Å². The smallest absolute Gasteiger partial charge is 0.408 e. The molecule has 138 valence electrons. The molecule has 0 saturated carbocycles. The lowest BCUT2D eigenvalue weighted by Gasteiger charge is -2.21. The Morgan fingerprint density at radius 1 is 1.12 bits per heavy atom. The molecule has 0 aliphatic rings. The second kappa shape index (κ2) is 12.7. The Labute approximate surface area is 151 Å². The maximum absolute atomic E-state index is 11.1. The first-order valence-corrected chi connectivity index (χ1v) is 8.50. The third-order valence-corrected chi connectivity index (χ3v) is 2.61. The van der Waals surface area contributed by atoms with E-state index in [0.29, 0.717) is 0 Å². The summed E-state index contributed by atoms with van der Waals surface area (Å²) in [5.74, 6) is -0.527. The van der Waals surface area contributed by atoms with Crippen LogP contribution in [0.4, 0.5) is 4.79 Å². The molecule has 0 aliphatic carbocycles. The molecule has 24 heavy (non-hydrogen) atoms. The van der Waals surface area contributed by atoms with Gasteiger partial charge in [-0.15, -0.1) is 0 Å². The second-order valence-corrected chi connectivity index (χ2v) is 6.61. The number of carbonyl (C=O) groups is 2.